The molecule has 0 aliphatic rings. The van der Waals surface area contributed by atoms with Gasteiger partial charge in [-0.05, 0) is 238 Å². The predicted molar refractivity (Wildman–Crippen MR) is 499 cm³/mol. The van der Waals surface area contributed by atoms with Gasteiger partial charge in [-0.1, -0.05) is 426 Å². The van der Waals surface area contributed by atoms with Crippen LogP contribution in [-0.2, 0) is 74.2 Å². The van der Waals surface area contributed by atoms with Gasteiger partial charge < -0.3 is 9.47 Å². The minimum absolute atomic E-state index is 0.207. The molecule has 2 nitrogen and oxygen atoms in total. The number of allylic oxidation sites excluding steroid dienone is 2. The first-order chi connectivity index (χ1) is 53.0. The van der Waals surface area contributed by atoms with Crippen molar-refractivity contribution < 1.29 is 9.47 Å². The topological polar surface area (TPSA) is 18.5 Å². The largest absolute Gasteiger partial charge is 0.494 e. The molecule has 1 unspecified atom stereocenters. The van der Waals surface area contributed by atoms with Crippen LogP contribution in [0.3, 0.4) is 0 Å². The fourth-order valence-electron chi connectivity index (χ4n) is 12.7. The number of para-hydroxylation sites is 1. The van der Waals surface area contributed by atoms with Crippen LogP contribution in [0.5, 0.6) is 11.5 Å². The summed E-state index contributed by atoms with van der Waals surface area (Å²) >= 11 is 0. The molecule has 610 valence electrons. The van der Waals surface area contributed by atoms with Crippen LogP contribution in [0.25, 0.3) is 0 Å². The van der Waals surface area contributed by atoms with Crippen LogP contribution in [0.2, 0.25) is 0 Å². The number of benzene rings is 10. The van der Waals surface area contributed by atoms with E-state index in [0.29, 0.717) is 28.3 Å². The van der Waals surface area contributed by atoms with Gasteiger partial charge in [0, 0.05) is 0 Å². The Morgan fingerprint density at radius 2 is 0.602 bits per heavy atom. The Bertz CT molecular complexity index is 3990. The van der Waals surface area contributed by atoms with Gasteiger partial charge >= 0.3 is 0 Å². The lowest BCUT2D eigenvalue weighted by molar-refractivity contribution is 0.279. The Morgan fingerprint density at radius 3 is 0.982 bits per heavy atom. The maximum Gasteiger partial charge on any atom is 0.119 e. The van der Waals surface area contributed by atoms with Gasteiger partial charge in [0.15, 0.2) is 0 Å². The maximum absolute atomic E-state index is 5.87. The molecule has 10 aromatic carbocycles. The second-order valence-electron chi connectivity index (χ2n) is 39.7. The van der Waals surface area contributed by atoms with Gasteiger partial charge in [-0.3, -0.25) is 0 Å². The normalized spacial score (nSPS) is 11.8. The zero-order valence-corrected chi connectivity index (χ0v) is 76.0. The third-order valence-electron chi connectivity index (χ3n) is 19.2. The summed E-state index contributed by atoms with van der Waals surface area (Å²) in [7, 11) is 0. The molecule has 0 saturated carbocycles. The molecule has 0 radical (unpaired) electrons. The first kappa shape index (κ1) is 96.9. The number of ether oxygens (including phenoxy) is 2. The number of aryl methyl sites for hydroxylation is 4. The highest BCUT2D eigenvalue weighted by molar-refractivity contribution is 5.34. The highest BCUT2D eigenvalue weighted by atomic mass is 16.5. The lowest BCUT2D eigenvalue weighted by Gasteiger charge is -2.19. The van der Waals surface area contributed by atoms with Crippen molar-refractivity contribution in [2.45, 2.75) is 286 Å². The van der Waals surface area contributed by atoms with Crippen LogP contribution in [0, 0.1) is 34.5 Å². The van der Waals surface area contributed by atoms with E-state index in [2.05, 4.69) is 423 Å². The van der Waals surface area contributed by atoms with Crippen molar-refractivity contribution in [1.82, 2.24) is 0 Å². The molecule has 0 amide bonds. The van der Waals surface area contributed by atoms with Crippen LogP contribution in [0.15, 0.2) is 279 Å². The molecule has 2 heteroatoms. The molecular formula is C111H154O2. The smallest absolute Gasteiger partial charge is 0.119 e. The van der Waals surface area contributed by atoms with E-state index in [0.717, 1.165) is 69.0 Å². The van der Waals surface area contributed by atoms with Crippen molar-refractivity contribution >= 4 is 0 Å². The summed E-state index contributed by atoms with van der Waals surface area (Å²) in [5.74, 6) is 2.63. The van der Waals surface area contributed by atoms with Crippen molar-refractivity contribution in [2.24, 2.45) is 27.6 Å². The van der Waals surface area contributed by atoms with Gasteiger partial charge in [0.05, 0.1) is 6.61 Å². The van der Waals surface area contributed by atoms with Gasteiger partial charge in [0.25, 0.3) is 0 Å². The predicted octanol–water partition coefficient (Wildman–Crippen LogP) is 31.8. The number of hydrogen-bond donors (Lipinski definition) is 0. The molecule has 0 aromatic heterocycles. The molecule has 0 aliphatic heterocycles. The molecule has 0 fully saturated rings. The summed E-state index contributed by atoms with van der Waals surface area (Å²) in [6.07, 6.45) is 17.6. The van der Waals surface area contributed by atoms with E-state index in [1.54, 1.807) is 0 Å². The first-order valence-electron chi connectivity index (χ1n) is 42.6. The number of unbranched alkanes of at least 4 members (excludes halogenated alkanes) is 1. The molecule has 0 aliphatic carbocycles. The van der Waals surface area contributed by atoms with Crippen LogP contribution in [-0.4, -0.2) is 6.61 Å². The number of rotatable bonds is 22. The second-order valence-corrected chi connectivity index (χ2v) is 39.7. The van der Waals surface area contributed by atoms with E-state index in [1.807, 2.05) is 30.3 Å². The summed E-state index contributed by atoms with van der Waals surface area (Å²) in [6, 6.07) is 95.1. The van der Waals surface area contributed by atoms with Gasteiger partial charge in [0.2, 0.25) is 0 Å². The summed E-state index contributed by atoms with van der Waals surface area (Å²) in [5, 5.41) is 0. The third-order valence-corrected chi connectivity index (χ3v) is 19.2. The monoisotopic (exact) mass is 1520 g/mol. The van der Waals surface area contributed by atoms with Gasteiger partial charge in [-0.15, -0.1) is 0 Å². The zero-order valence-electron chi connectivity index (χ0n) is 76.0. The fraction of sp³-hybridized carbons (Fsp3) is 0.441. The average molecular weight is 1520 g/mol. The Hall–Kier alpha value is -8.46. The Balaban J connectivity index is 0.000000280. The van der Waals surface area contributed by atoms with E-state index in [9.17, 15) is 0 Å². The van der Waals surface area contributed by atoms with Crippen LogP contribution >= 0.6 is 0 Å². The molecule has 0 heterocycles. The minimum atomic E-state index is 0.207. The molecule has 10 aromatic rings. The van der Waals surface area contributed by atoms with E-state index in [-0.39, 0.29) is 16.2 Å². The average Bonchev–Trinajstić information content (AvgIpc) is 0.861. The SMILES string of the molecule is CC(C)(C)Cc1ccccc1.CC(C)(C)c1ccc(CCc2ccccc2)cc1.CC(C)(C)c1ccc(COc2ccccc2)cc1.CC(C)(C)c1ccc(Cc2ccccc2)cc1.CC(C)=CCCC(C)CCOc1ccc(CC(C)(C)C)cc1.CCCCc1ccc(CC(C)(C)C)cc1.Cc1ccc(CC(C)(C)C)cc1. The molecule has 10 rings (SSSR count). The number of hydrogen-bond acceptors (Lipinski definition) is 2. The van der Waals surface area contributed by atoms with Crippen LogP contribution in [0.4, 0.5) is 0 Å². The van der Waals surface area contributed by atoms with E-state index >= 15 is 0 Å². The summed E-state index contributed by atoms with van der Waals surface area (Å²) in [4.78, 5) is 0. The first-order valence-corrected chi connectivity index (χ1v) is 42.6. The molecule has 1 atom stereocenters. The Labute approximate surface area is 693 Å². The van der Waals surface area contributed by atoms with Gasteiger partial charge in [-0.25, -0.2) is 0 Å². The molecule has 0 N–H and O–H groups in total. The van der Waals surface area contributed by atoms with Crippen molar-refractivity contribution in [3.63, 3.8) is 0 Å². The molecule has 0 bridgehead atoms. The van der Waals surface area contributed by atoms with Crippen molar-refractivity contribution in [3.8, 4) is 11.5 Å². The van der Waals surface area contributed by atoms with E-state index in [4.69, 9.17) is 9.47 Å². The lowest BCUT2D eigenvalue weighted by atomic mass is 9.86. The van der Waals surface area contributed by atoms with Crippen molar-refractivity contribution in [2.75, 3.05) is 6.61 Å². The highest BCUT2D eigenvalue weighted by Gasteiger charge is 2.18. The summed E-state index contributed by atoms with van der Waals surface area (Å²) in [5.41, 5.74) is 23.1. The van der Waals surface area contributed by atoms with Crippen LogP contribution < -0.4 is 9.47 Å². The Kier molecular flexibility index (Phi) is 41.8. The molecule has 0 saturated heterocycles. The van der Waals surface area contributed by atoms with Crippen molar-refractivity contribution in [3.05, 3.63) is 356 Å². The van der Waals surface area contributed by atoms with Gasteiger partial charge in [0.1, 0.15) is 18.1 Å². The Morgan fingerprint density at radius 1 is 0.310 bits per heavy atom. The summed E-state index contributed by atoms with van der Waals surface area (Å²) < 4.78 is 11.6. The van der Waals surface area contributed by atoms with E-state index < -0.39 is 0 Å². The minimum Gasteiger partial charge on any atom is -0.494 e. The maximum atomic E-state index is 5.87. The quantitative estimate of drug-likeness (QED) is 0.0630. The lowest BCUT2D eigenvalue weighted by Crippen LogP contribution is -2.10. The highest BCUT2D eigenvalue weighted by Crippen LogP contribution is 2.29. The van der Waals surface area contributed by atoms with Gasteiger partial charge in [-0.2, -0.15) is 0 Å². The van der Waals surface area contributed by atoms with Crippen molar-refractivity contribution in [1.29, 1.82) is 0 Å². The second kappa shape index (κ2) is 48.7. The molecule has 0 spiro atoms. The van der Waals surface area contributed by atoms with E-state index in [1.165, 1.54) is 122 Å². The molecule has 113 heavy (non-hydrogen) atoms. The fourth-order valence-corrected chi connectivity index (χ4v) is 12.7. The van der Waals surface area contributed by atoms with Crippen LogP contribution in [0.1, 0.15) is 283 Å². The zero-order chi connectivity index (χ0) is 83.7. The third kappa shape index (κ3) is 46.5. The molecular weight excluding hydrogens is 1370 g/mol. The summed E-state index contributed by atoms with van der Waals surface area (Å²) in [6.45, 7) is 59.9. The standard InChI is InChI=1S/C21H34O.C18H22.C17H20O.C17H20.C15H24.C12H18.C11H16/c1-17(2)8-7-9-18(3)14-15-22-20-12-10-19(11-13-20)16-21(4,5)6;1-18(2,3)17-13-11-16(12-14-17)10-9-15-7-5-4-6-8-15;1-17(2,3)15-11-9-14(10-12-15)13-18-16-7-5-4-6-8-16;1-17(2,3)16-11-9-15(10-12-16)13-14-7-5-4-6-8-14;1-5-6-7-13-8-10-14(11-9-13)12-15(2,3)4;1-10-5-7-11(8-6-10)9-12(2,3)4;1-11(2,3)9-10-7-5-4-6-8-10/h8,10-13,18H,7,9,14-16H2,1-6H3;4-8,11-14H,9-10H2,1-3H3;4-12H,13H2,1-3H3;4-12H,13H2,1-3H3;8-11H,5-7,12H2,1-4H3;5-8H,9H2,1-4H3;4-8H,9H2,1-3H3.